The highest BCUT2D eigenvalue weighted by molar-refractivity contribution is 6.04. The molecule has 0 spiro atoms. The van der Waals surface area contributed by atoms with E-state index in [-0.39, 0.29) is 17.8 Å². The number of hydrogen-bond donors (Lipinski definition) is 2. The summed E-state index contributed by atoms with van der Waals surface area (Å²) in [5.41, 5.74) is 0.606. The molecule has 2 bridgehead atoms. The average Bonchev–Trinajstić information content (AvgIpc) is 3.25. The van der Waals surface area contributed by atoms with Gasteiger partial charge in [0, 0.05) is 24.5 Å². The van der Waals surface area contributed by atoms with E-state index >= 15 is 0 Å². The first kappa shape index (κ1) is 17.0. The zero-order chi connectivity index (χ0) is 18.3. The van der Waals surface area contributed by atoms with Crippen molar-refractivity contribution in [2.75, 3.05) is 11.9 Å². The molecule has 1 amide bonds. The third kappa shape index (κ3) is 3.30. The van der Waals surface area contributed by atoms with Crippen LogP contribution in [0.4, 0.5) is 18.9 Å². The first-order valence-corrected chi connectivity index (χ1v) is 8.23. The van der Waals surface area contributed by atoms with Crippen molar-refractivity contribution in [1.29, 1.82) is 0 Å². The molecule has 3 heterocycles. The average molecular weight is 363 g/mol. The number of benzene rings is 1. The Bertz CT molecular complexity index is 806. The summed E-state index contributed by atoms with van der Waals surface area (Å²) in [4.78, 5) is 15.4. The van der Waals surface area contributed by atoms with Gasteiger partial charge in [-0.25, -0.2) is 0 Å². The fourth-order valence-electron chi connectivity index (χ4n) is 3.34. The number of nitrogens with one attached hydrogen (secondary N) is 2. The van der Waals surface area contributed by atoms with Gasteiger partial charge in [-0.05, 0) is 36.2 Å². The van der Waals surface area contributed by atoms with E-state index in [9.17, 15) is 18.0 Å². The van der Waals surface area contributed by atoms with E-state index in [0.29, 0.717) is 11.7 Å². The van der Waals surface area contributed by atoms with Crippen molar-refractivity contribution in [2.24, 2.45) is 0 Å². The molecule has 0 aliphatic carbocycles. The smallest absolute Gasteiger partial charge is 0.367 e. The summed E-state index contributed by atoms with van der Waals surface area (Å²) < 4.78 is 43.5. The van der Waals surface area contributed by atoms with Crippen LogP contribution in [0.2, 0.25) is 0 Å². The Hall–Kier alpha value is -2.45. The Morgan fingerprint density at radius 1 is 1.19 bits per heavy atom. The number of rotatable bonds is 3. The number of anilines is 1. The van der Waals surface area contributed by atoms with Crippen molar-refractivity contribution in [2.45, 2.75) is 30.8 Å². The molecule has 5 nitrogen and oxygen atoms in total. The van der Waals surface area contributed by atoms with Crippen LogP contribution in [-0.2, 0) is 10.9 Å². The number of ether oxygens (including phenoxy) is 1. The Balaban J connectivity index is 1.41. The van der Waals surface area contributed by atoms with Crippen LogP contribution in [0.3, 0.4) is 0 Å². The minimum Gasteiger partial charge on any atom is -0.367 e. The number of nitrogens with zero attached hydrogens (tertiary/aromatic N) is 1. The summed E-state index contributed by atoms with van der Waals surface area (Å²) >= 11 is 0. The fourth-order valence-corrected chi connectivity index (χ4v) is 3.34. The monoisotopic (exact) mass is 363 g/mol. The highest BCUT2D eigenvalue weighted by atomic mass is 19.4. The zero-order valence-corrected chi connectivity index (χ0v) is 13.6. The largest absolute Gasteiger partial charge is 0.433 e. The molecular formula is C18H16F3N3O2. The van der Waals surface area contributed by atoms with Crippen LogP contribution in [0, 0.1) is 0 Å². The number of aromatic nitrogens is 1. The molecule has 1 aromatic carbocycles. The molecule has 2 aliphatic heterocycles. The van der Waals surface area contributed by atoms with Crippen molar-refractivity contribution in [3.05, 3.63) is 59.4 Å². The van der Waals surface area contributed by atoms with Gasteiger partial charge in [-0.3, -0.25) is 9.78 Å². The van der Waals surface area contributed by atoms with Gasteiger partial charge in [0.1, 0.15) is 5.69 Å². The van der Waals surface area contributed by atoms with Crippen LogP contribution >= 0.6 is 0 Å². The van der Waals surface area contributed by atoms with Crippen molar-refractivity contribution < 1.29 is 22.7 Å². The van der Waals surface area contributed by atoms with Crippen LogP contribution in [0.5, 0.6) is 0 Å². The molecule has 2 fully saturated rings. The van der Waals surface area contributed by atoms with E-state index in [2.05, 4.69) is 15.6 Å². The lowest BCUT2D eigenvalue weighted by Crippen LogP contribution is -2.33. The van der Waals surface area contributed by atoms with Crippen LogP contribution in [-0.4, -0.2) is 29.6 Å². The van der Waals surface area contributed by atoms with E-state index in [1.54, 1.807) is 12.1 Å². The van der Waals surface area contributed by atoms with Gasteiger partial charge >= 0.3 is 6.18 Å². The van der Waals surface area contributed by atoms with Crippen LogP contribution in [0.15, 0.2) is 42.6 Å². The van der Waals surface area contributed by atoms with Gasteiger partial charge in [0.15, 0.2) is 0 Å². The number of halogens is 3. The maximum absolute atomic E-state index is 12.5. The predicted molar refractivity (Wildman–Crippen MR) is 87.7 cm³/mol. The number of pyridine rings is 1. The summed E-state index contributed by atoms with van der Waals surface area (Å²) in [6.07, 6.45) is -2.33. The Morgan fingerprint density at radius 2 is 1.96 bits per heavy atom. The molecule has 3 atom stereocenters. The van der Waals surface area contributed by atoms with Gasteiger partial charge in [0.25, 0.3) is 5.91 Å². The maximum Gasteiger partial charge on any atom is 0.433 e. The maximum atomic E-state index is 12.5. The van der Waals surface area contributed by atoms with Crippen LogP contribution in [0.25, 0.3) is 0 Å². The van der Waals surface area contributed by atoms with Gasteiger partial charge < -0.3 is 15.4 Å². The molecule has 1 aromatic heterocycles. The molecule has 26 heavy (non-hydrogen) atoms. The predicted octanol–water partition coefficient (Wildman–Crippen LogP) is 3.15. The number of amides is 1. The molecule has 2 saturated heterocycles. The second-order valence-corrected chi connectivity index (χ2v) is 6.44. The van der Waals surface area contributed by atoms with Crippen molar-refractivity contribution in [3.63, 3.8) is 0 Å². The van der Waals surface area contributed by atoms with E-state index in [1.807, 2.05) is 12.1 Å². The van der Waals surface area contributed by atoms with E-state index < -0.39 is 17.8 Å². The second-order valence-electron chi connectivity index (χ2n) is 6.44. The second kappa shape index (κ2) is 6.37. The minimum absolute atomic E-state index is 0.0117. The third-order valence-corrected chi connectivity index (χ3v) is 4.64. The fraction of sp³-hybridized carbons (Fsp3) is 0.333. The summed E-state index contributed by atoms with van der Waals surface area (Å²) in [5.74, 6) is -0.517. The summed E-state index contributed by atoms with van der Waals surface area (Å²) in [6, 6.07) is 9.48. The van der Waals surface area contributed by atoms with Crippen molar-refractivity contribution in [1.82, 2.24) is 10.3 Å². The molecule has 2 aromatic rings. The number of carbonyl (C=O) groups excluding carboxylic acids is 1. The molecule has 0 radical (unpaired) electrons. The topological polar surface area (TPSA) is 63.2 Å². The number of carbonyl (C=O) groups is 1. The number of morpholine rings is 1. The molecule has 0 saturated carbocycles. The van der Waals surface area contributed by atoms with Crippen molar-refractivity contribution >= 4 is 11.6 Å². The summed E-state index contributed by atoms with van der Waals surface area (Å²) in [7, 11) is 0. The van der Waals surface area contributed by atoms with Gasteiger partial charge in [0.2, 0.25) is 0 Å². The van der Waals surface area contributed by atoms with Gasteiger partial charge in [-0.2, -0.15) is 13.2 Å². The number of alkyl halides is 3. The minimum atomic E-state index is -4.53. The molecule has 8 heteroatoms. The number of hydrogen-bond acceptors (Lipinski definition) is 4. The van der Waals surface area contributed by atoms with Crippen LogP contribution in [0.1, 0.15) is 34.1 Å². The molecule has 2 N–H and O–H groups in total. The quantitative estimate of drug-likeness (QED) is 0.879. The highest BCUT2D eigenvalue weighted by Crippen LogP contribution is 2.37. The molecule has 0 unspecified atom stereocenters. The lowest BCUT2D eigenvalue weighted by Gasteiger charge is -2.23. The Morgan fingerprint density at radius 3 is 2.50 bits per heavy atom. The van der Waals surface area contributed by atoms with Gasteiger partial charge in [0.05, 0.1) is 17.8 Å². The zero-order valence-electron chi connectivity index (χ0n) is 13.6. The Labute approximate surface area is 147 Å². The number of fused-ring (bicyclic) bond motifs is 2. The summed E-state index contributed by atoms with van der Waals surface area (Å²) in [6.45, 7) is 0.885. The van der Waals surface area contributed by atoms with Crippen LogP contribution < -0.4 is 10.6 Å². The van der Waals surface area contributed by atoms with Gasteiger partial charge in [-0.1, -0.05) is 12.1 Å². The molecular weight excluding hydrogens is 347 g/mol. The molecule has 136 valence electrons. The lowest BCUT2D eigenvalue weighted by atomic mass is 10.0. The standard InChI is InChI=1S/C18H16F3N3O2/c19-18(20,21)15-6-3-11(8-23-15)17(25)24-12-4-1-10(2-5-12)16-14-7-13(26-16)9-22-14/h1-6,8,13-14,16,22H,7,9H2,(H,24,25)/t13-,14-,16+/m0/s1. The van der Waals surface area contributed by atoms with E-state index in [4.69, 9.17) is 4.74 Å². The Kier molecular flexibility index (Phi) is 4.16. The lowest BCUT2D eigenvalue weighted by molar-refractivity contribution is -0.141. The molecule has 2 aliphatic rings. The van der Waals surface area contributed by atoms with Gasteiger partial charge in [-0.15, -0.1) is 0 Å². The highest BCUT2D eigenvalue weighted by Gasteiger charge is 2.41. The molecule has 4 rings (SSSR count). The van der Waals surface area contributed by atoms with Crippen molar-refractivity contribution in [3.8, 4) is 0 Å². The van der Waals surface area contributed by atoms with E-state index in [1.165, 1.54) is 0 Å². The SMILES string of the molecule is O=C(Nc1ccc([C@H]2O[C@@H]3CN[C@H]2C3)cc1)c1ccc(C(F)(F)F)nc1. The van der Waals surface area contributed by atoms with E-state index in [0.717, 1.165) is 36.9 Å². The third-order valence-electron chi connectivity index (χ3n) is 4.64. The summed E-state index contributed by atoms with van der Waals surface area (Å²) in [5, 5.41) is 6.06. The first-order valence-electron chi connectivity index (χ1n) is 8.23. The first-order chi connectivity index (χ1) is 12.4. The normalized spacial score (nSPS) is 24.7.